The molecule has 0 radical (unpaired) electrons. The second kappa shape index (κ2) is 6.39. The van der Waals surface area contributed by atoms with Gasteiger partial charge in [0.2, 0.25) is 5.91 Å². The standard InChI is InChI=1S/C13H16ClNO3S/c1-17-11-6-10(12(18-2)5-9(11)14)15-13(16)8-3-4-19-7-8/h5-6,8H,3-4,7H2,1-2H3,(H,15,16). The van der Waals surface area contributed by atoms with Crippen molar-refractivity contribution in [2.75, 3.05) is 31.0 Å². The fourth-order valence-corrected chi connectivity index (χ4v) is 3.39. The predicted molar refractivity (Wildman–Crippen MR) is 78.6 cm³/mol. The van der Waals surface area contributed by atoms with Crippen molar-refractivity contribution in [1.29, 1.82) is 0 Å². The number of hydrogen-bond donors (Lipinski definition) is 1. The zero-order chi connectivity index (χ0) is 13.8. The van der Waals surface area contributed by atoms with Crippen molar-refractivity contribution in [2.45, 2.75) is 6.42 Å². The highest BCUT2D eigenvalue weighted by Gasteiger charge is 2.24. The van der Waals surface area contributed by atoms with Crippen molar-refractivity contribution in [3.8, 4) is 11.5 Å². The Bertz CT molecular complexity index is 475. The zero-order valence-corrected chi connectivity index (χ0v) is 12.4. The summed E-state index contributed by atoms with van der Waals surface area (Å²) >= 11 is 7.83. The molecule has 104 valence electrons. The van der Waals surface area contributed by atoms with E-state index >= 15 is 0 Å². The molecule has 0 bridgehead atoms. The monoisotopic (exact) mass is 301 g/mol. The smallest absolute Gasteiger partial charge is 0.228 e. The maximum absolute atomic E-state index is 12.1. The summed E-state index contributed by atoms with van der Waals surface area (Å²) in [4.78, 5) is 12.1. The molecule has 1 saturated heterocycles. The van der Waals surface area contributed by atoms with Gasteiger partial charge in [-0.15, -0.1) is 0 Å². The minimum Gasteiger partial charge on any atom is -0.495 e. The van der Waals surface area contributed by atoms with Crippen molar-refractivity contribution in [3.63, 3.8) is 0 Å². The lowest BCUT2D eigenvalue weighted by Gasteiger charge is -2.15. The number of hydrogen-bond acceptors (Lipinski definition) is 4. The number of methoxy groups -OCH3 is 2. The van der Waals surface area contributed by atoms with Crippen molar-refractivity contribution in [3.05, 3.63) is 17.2 Å². The van der Waals surface area contributed by atoms with Gasteiger partial charge in [-0.1, -0.05) is 11.6 Å². The maximum atomic E-state index is 12.1. The third-order valence-electron chi connectivity index (χ3n) is 3.03. The molecule has 0 aliphatic carbocycles. The molecule has 19 heavy (non-hydrogen) atoms. The van der Waals surface area contributed by atoms with E-state index in [1.807, 2.05) is 0 Å². The van der Waals surface area contributed by atoms with Crippen molar-refractivity contribution < 1.29 is 14.3 Å². The normalized spacial score (nSPS) is 18.2. The van der Waals surface area contributed by atoms with Crippen molar-refractivity contribution in [2.24, 2.45) is 5.92 Å². The van der Waals surface area contributed by atoms with Crippen LogP contribution < -0.4 is 14.8 Å². The lowest BCUT2D eigenvalue weighted by atomic mass is 10.1. The maximum Gasteiger partial charge on any atom is 0.228 e. The summed E-state index contributed by atoms with van der Waals surface area (Å²) in [6.07, 6.45) is 0.920. The van der Waals surface area contributed by atoms with E-state index in [0.29, 0.717) is 22.2 Å². The lowest BCUT2D eigenvalue weighted by Crippen LogP contribution is -2.22. The molecule has 2 rings (SSSR count). The quantitative estimate of drug-likeness (QED) is 0.928. The number of amides is 1. The molecular formula is C13H16ClNO3S. The van der Waals surface area contributed by atoms with Crippen LogP contribution in [0.1, 0.15) is 6.42 Å². The summed E-state index contributed by atoms with van der Waals surface area (Å²) in [7, 11) is 3.08. The lowest BCUT2D eigenvalue weighted by molar-refractivity contribution is -0.119. The molecule has 4 nitrogen and oxygen atoms in total. The van der Waals surface area contributed by atoms with Crippen LogP contribution in [0.5, 0.6) is 11.5 Å². The molecule has 1 atom stereocenters. The number of halogens is 1. The van der Waals surface area contributed by atoms with E-state index in [1.165, 1.54) is 7.11 Å². The molecule has 0 aromatic heterocycles. The van der Waals surface area contributed by atoms with Crippen LogP contribution >= 0.6 is 23.4 Å². The number of carbonyl (C=O) groups is 1. The van der Waals surface area contributed by atoms with Gasteiger partial charge in [0.05, 0.1) is 24.9 Å². The first kappa shape index (κ1) is 14.3. The molecule has 1 unspecified atom stereocenters. The van der Waals surface area contributed by atoms with Gasteiger partial charge >= 0.3 is 0 Å². The number of thioether (sulfide) groups is 1. The summed E-state index contributed by atoms with van der Waals surface area (Å²) in [6, 6.07) is 3.32. The number of carbonyl (C=O) groups excluding carboxylic acids is 1. The van der Waals surface area contributed by atoms with Gasteiger partial charge in [-0.25, -0.2) is 0 Å². The van der Waals surface area contributed by atoms with E-state index in [0.717, 1.165) is 17.9 Å². The number of rotatable bonds is 4. The zero-order valence-electron chi connectivity index (χ0n) is 10.9. The van der Waals surface area contributed by atoms with Crippen LogP contribution in [0.25, 0.3) is 0 Å². The van der Waals surface area contributed by atoms with Gasteiger partial charge in [0.1, 0.15) is 11.5 Å². The number of anilines is 1. The Morgan fingerprint density at radius 3 is 2.68 bits per heavy atom. The van der Waals surface area contributed by atoms with Gasteiger partial charge in [-0.05, 0) is 12.2 Å². The molecule has 1 heterocycles. The molecule has 0 spiro atoms. The SMILES string of the molecule is COc1cc(NC(=O)C2CCSC2)c(OC)cc1Cl. The Morgan fingerprint density at radius 2 is 2.11 bits per heavy atom. The van der Waals surface area contributed by atoms with Gasteiger partial charge in [0.25, 0.3) is 0 Å². The molecule has 1 aromatic rings. The fourth-order valence-electron chi connectivity index (χ4n) is 1.93. The first-order valence-corrected chi connectivity index (χ1v) is 7.49. The second-order valence-corrected chi connectivity index (χ2v) is 5.79. The molecule has 1 aliphatic heterocycles. The molecule has 1 N–H and O–H groups in total. The largest absolute Gasteiger partial charge is 0.495 e. The minimum absolute atomic E-state index is 0.0210. The average Bonchev–Trinajstić information content (AvgIpc) is 2.94. The van der Waals surface area contributed by atoms with Crippen LogP contribution in [-0.4, -0.2) is 31.6 Å². The van der Waals surface area contributed by atoms with Gasteiger partial charge in [-0.2, -0.15) is 11.8 Å². The Hall–Kier alpha value is -1.07. The van der Waals surface area contributed by atoms with Crippen molar-refractivity contribution >= 4 is 35.0 Å². The van der Waals surface area contributed by atoms with Gasteiger partial charge in [0, 0.05) is 23.8 Å². The van der Waals surface area contributed by atoms with E-state index in [9.17, 15) is 4.79 Å². The Kier molecular flexibility index (Phi) is 4.82. The van der Waals surface area contributed by atoms with Crippen LogP contribution in [-0.2, 0) is 4.79 Å². The summed E-state index contributed by atoms with van der Waals surface area (Å²) in [5.41, 5.74) is 0.589. The molecule has 6 heteroatoms. The highest BCUT2D eigenvalue weighted by molar-refractivity contribution is 7.99. The average molecular weight is 302 g/mol. The van der Waals surface area contributed by atoms with Gasteiger partial charge in [0.15, 0.2) is 0 Å². The van der Waals surface area contributed by atoms with Crippen LogP contribution in [0.3, 0.4) is 0 Å². The van der Waals surface area contributed by atoms with Crippen LogP contribution in [0.15, 0.2) is 12.1 Å². The minimum atomic E-state index is 0.0210. The fraction of sp³-hybridized carbons (Fsp3) is 0.462. The van der Waals surface area contributed by atoms with Crippen molar-refractivity contribution in [1.82, 2.24) is 0 Å². The van der Waals surface area contributed by atoms with Gasteiger partial charge in [-0.3, -0.25) is 4.79 Å². The Morgan fingerprint density at radius 1 is 1.37 bits per heavy atom. The summed E-state index contributed by atoms with van der Waals surface area (Å²) in [6.45, 7) is 0. The summed E-state index contributed by atoms with van der Waals surface area (Å²) in [5, 5.41) is 3.34. The highest BCUT2D eigenvalue weighted by Crippen LogP contribution is 2.36. The molecule has 1 amide bonds. The summed E-state index contributed by atoms with van der Waals surface area (Å²) in [5.74, 6) is 3.05. The van der Waals surface area contributed by atoms with Crippen LogP contribution in [0.2, 0.25) is 5.02 Å². The number of ether oxygens (including phenoxy) is 2. The third kappa shape index (κ3) is 3.28. The van der Waals surface area contributed by atoms with E-state index < -0.39 is 0 Å². The summed E-state index contributed by atoms with van der Waals surface area (Å²) < 4.78 is 10.4. The molecule has 0 saturated carbocycles. The molecular weight excluding hydrogens is 286 g/mol. The first-order chi connectivity index (χ1) is 9.15. The van der Waals surface area contributed by atoms with E-state index in [-0.39, 0.29) is 11.8 Å². The first-order valence-electron chi connectivity index (χ1n) is 5.96. The molecule has 1 aliphatic rings. The Labute approximate surface area is 121 Å². The van der Waals surface area contributed by atoms with E-state index in [4.69, 9.17) is 21.1 Å². The van der Waals surface area contributed by atoms with Crippen LogP contribution in [0.4, 0.5) is 5.69 Å². The number of benzene rings is 1. The molecule has 1 fully saturated rings. The highest BCUT2D eigenvalue weighted by atomic mass is 35.5. The predicted octanol–water partition coefficient (Wildman–Crippen LogP) is 3.05. The van der Waals surface area contributed by atoms with E-state index in [2.05, 4.69) is 5.32 Å². The Balaban J connectivity index is 2.20. The van der Waals surface area contributed by atoms with Crippen LogP contribution in [0, 0.1) is 5.92 Å². The number of nitrogens with one attached hydrogen (secondary N) is 1. The second-order valence-electron chi connectivity index (χ2n) is 4.24. The van der Waals surface area contributed by atoms with E-state index in [1.54, 1.807) is 31.0 Å². The van der Waals surface area contributed by atoms with Gasteiger partial charge < -0.3 is 14.8 Å². The molecule has 1 aromatic carbocycles. The third-order valence-corrected chi connectivity index (χ3v) is 4.49. The topological polar surface area (TPSA) is 47.6 Å².